The number of nitrogens with zero attached hydrogens (tertiary/aromatic N) is 1. The van der Waals surface area contributed by atoms with Crippen LogP contribution in [0.3, 0.4) is 0 Å². The third-order valence-electron chi connectivity index (χ3n) is 3.14. The molecule has 19 heavy (non-hydrogen) atoms. The maximum Gasteiger partial charge on any atom is 0.0839 e. The van der Waals surface area contributed by atoms with E-state index in [2.05, 4.69) is 24.1 Å². The SMILES string of the molecule is CCN(CC)CC(O)CNc1cc(Cl)c(C)cc1Cl. The second-order valence-electron chi connectivity index (χ2n) is 4.60. The average Bonchev–Trinajstić information content (AvgIpc) is 2.38. The van der Waals surface area contributed by atoms with Gasteiger partial charge in [0, 0.05) is 18.1 Å². The third kappa shape index (κ3) is 5.19. The van der Waals surface area contributed by atoms with Crippen molar-refractivity contribution >= 4 is 28.9 Å². The number of benzene rings is 1. The van der Waals surface area contributed by atoms with E-state index < -0.39 is 6.10 Å². The van der Waals surface area contributed by atoms with E-state index in [1.807, 2.05) is 13.0 Å². The molecule has 0 aromatic heterocycles. The van der Waals surface area contributed by atoms with Crippen molar-refractivity contribution in [1.29, 1.82) is 0 Å². The van der Waals surface area contributed by atoms with Crippen molar-refractivity contribution in [3.05, 3.63) is 27.7 Å². The predicted molar refractivity (Wildman–Crippen MR) is 83.5 cm³/mol. The lowest BCUT2D eigenvalue weighted by Gasteiger charge is -2.22. The van der Waals surface area contributed by atoms with Gasteiger partial charge in [-0.2, -0.15) is 0 Å². The lowest BCUT2D eigenvalue weighted by molar-refractivity contribution is 0.128. The van der Waals surface area contributed by atoms with Crippen LogP contribution in [0.4, 0.5) is 5.69 Å². The highest BCUT2D eigenvalue weighted by Crippen LogP contribution is 2.28. The number of nitrogens with one attached hydrogen (secondary N) is 1. The molecule has 5 heteroatoms. The van der Waals surface area contributed by atoms with Crippen molar-refractivity contribution in [2.45, 2.75) is 26.9 Å². The largest absolute Gasteiger partial charge is 0.390 e. The molecule has 3 nitrogen and oxygen atoms in total. The summed E-state index contributed by atoms with van der Waals surface area (Å²) in [5.41, 5.74) is 1.71. The van der Waals surface area contributed by atoms with Crippen molar-refractivity contribution in [3.63, 3.8) is 0 Å². The molecule has 108 valence electrons. The summed E-state index contributed by atoms with van der Waals surface area (Å²) in [6.07, 6.45) is -0.434. The Morgan fingerprint density at radius 1 is 1.21 bits per heavy atom. The Balaban J connectivity index is 2.55. The topological polar surface area (TPSA) is 35.5 Å². The molecule has 0 heterocycles. The van der Waals surface area contributed by atoms with E-state index in [0.29, 0.717) is 23.1 Å². The van der Waals surface area contributed by atoms with Crippen molar-refractivity contribution in [2.24, 2.45) is 0 Å². The van der Waals surface area contributed by atoms with E-state index in [1.54, 1.807) is 6.07 Å². The molecule has 0 saturated heterocycles. The highest BCUT2D eigenvalue weighted by Gasteiger charge is 2.10. The van der Waals surface area contributed by atoms with Crippen LogP contribution in [0, 0.1) is 6.92 Å². The Bertz CT molecular complexity index is 409. The van der Waals surface area contributed by atoms with Crippen molar-refractivity contribution in [1.82, 2.24) is 4.90 Å². The number of rotatable bonds is 7. The van der Waals surface area contributed by atoms with Crippen LogP contribution in [0.25, 0.3) is 0 Å². The van der Waals surface area contributed by atoms with Gasteiger partial charge in [-0.1, -0.05) is 37.0 Å². The molecule has 0 aliphatic rings. The van der Waals surface area contributed by atoms with Crippen LogP contribution in [-0.2, 0) is 0 Å². The van der Waals surface area contributed by atoms with E-state index >= 15 is 0 Å². The second-order valence-corrected chi connectivity index (χ2v) is 5.42. The minimum Gasteiger partial charge on any atom is -0.390 e. The van der Waals surface area contributed by atoms with Crippen LogP contribution in [-0.4, -0.2) is 42.3 Å². The first-order chi connectivity index (χ1) is 8.97. The quantitative estimate of drug-likeness (QED) is 0.810. The number of aliphatic hydroxyl groups excluding tert-OH is 1. The lowest BCUT2D eigenvalue weighted by Crippen LogP contribution is -2.35. The van der Waals surface area contributed by atoms with Crippen LogP contribution in [0.15, 0.2) is 12.1 Å². The smallest absolute Gasteiger partial charge is 0.0839 e. The fraction of sp³-hybridized carbons (Fsp3) is 0.571. The Hall–Kier alpha value is -0.480. The number of halogens is 2. The molecule has 0 aliphatic carbocycles. The summed E-state index contributed by atoms with van der Waals surface area (Å²) >= 11 is 12.2. The van der Waals surface area contributed by atoms with Crippen molar-refractivity contribution in [3.8, 4) is 0 Å². The fourth-order valence-corrected chi connectivity index (χ4v) is 2.30. The van der Waals surface area contributed by atoms with Crippen LogP contribution in [0.1, 0.15) is 19.4 Å². The molecule has 0 bridgehead atoms. The van der Waals surface area contributed by atoms with Crippen LogP contribution in [0.5, 0.6) is 0 Å². The molecule has 1 rings (SSSR count). The molecule has 1 unspecified atom stereocenters. The normalized spacial score (nSPS) is 12.8. The van der Waals surface area contributed by atoms with Crippen LogP contribution >= 0.6 is 23.2 Å². The average molecular weight is 305 g/mol. The fourth-order valence-electron chi connectivity index (χ4n) is 1.85. The first kappa shape index (κ1) is 16.6. The summed E-state index contributed by atoms with van der Waals surface area (Å²) < 4.78 is 0. The molecule has 1 aromatic rings. The minimum absolute atomic E-state index is 0.434. The van der Waals surface area contributed by atoms with E-state index in [1.165, 1.54) is 0 Å². The number of hydrogen-bond donors (Lipinski definition) is 2. The Morgan fingerprint density at radius 3 is 2.42 bits per heavy atom. The van der Waals surface area contributed by atoms with Gasteiger partial charge in [0.1, 0.15) is 0 Å². The molecule has 0 spiro atoms. The summed E-state index contributed by atoms with van der Waals surface area (Å²) in [6.45, 7) is 9.05. The van der Waals surface area contributed by atoms with E-state index in [9.17, 15) is 5.11 Å². The van der Waals surface area contributed by atoms with Gasteiger partial charge in [-0.05, 0) is 37.7 Å². The molecule has 2 N–H and O–H groups in total. The first-order valence-electron chi connectivity index (χ1n) is 6.57. The zero-order valence-corrected chi connectivity index (χ0v) is 13.2. The minimum atomic E-state index is -0.434. The van der Waals surface area contributed by atoms with Gasteiger partial charge >= 0.3 is 0 Å². The third-order valence-corrected chi connectivity index (χ3v) is 3.86. The van der Waals surface area contributed by atoms with E-state index in [-0.39, 0.29) is 0 Å². The van der Waals surface area contributed by atoms with Gasteiger partial charge in [-0.15, -0.1) is 0 Å². The highest BCUT2D eigenvalue weighted by atomic mass is 35.5. The molecule has 0 fully saturated rings. The van der Waals surface area contributed by atoms with E-state index in [4.69, 9.17) is 23.2 Å². The van der Waals surface area contributed by atoms with Gasteiger partial charge in [-0.3, -0.25) is 0 Å². The van der Waals surface area contributed by atoms with Gasteiger partial charge in [0.05, 0.1) is 16.8 Å². The molecular weight excluding hydrogens is 283 g/mol. The maximum absolute atomic E-state index is 9.98. The molecule has 1 aromatic carbocycles. The number of hydrogen-bond acceptors (Lipinski definition) is 3. The highest BCUT2D eigenvalue weighted by molar-refractivity contribution is 6.35. The molecule has 0 radical (unpaired) electrons. The molecule has 1 atom stereocenters. The van der Waals surface area contributed by atoms with Gasteiger partial charge in [-0.25, -0.2) is 0 Å². The Kier molecular flexibility index (Phi) is 6.94. The van der Waals surface area contributed by atoms with E-state index in [0.717, 1.165) is 24.3 Å². The van der Waals surface area contributed by atoms with Crippen molar-refractivity contribution < 1.29 is 5.11 Å². The molecule has 0 amide bonds. The number of anilines is 1. The summed E-state index contributed by atoms with van der Waals surface area (Å²) in [4.78, 5) is 2.18. The molecule has 0 aliphatic heterocycles. The Labute approximate surface area is 125 Å². The first-order valence-corrected chi connectivity index (χ1v) is 7.33. The monoisotopic (exact) mass is 304 g/mol. The van der Waals surface area contributed by atoms with Crippen LogP contribution in [0.2, 0.25) is 10.0 Å². The van der Waals surface area contributed by atoms with Crippen LogP contribution < -0.4 is 5.32 Å². The van der Waals surface area contributed by atoms with Crippen molar-refractivity contribution in [2.75, 3.05) is 31.5 Å². The Morgan fingerprint density at radius 2 is 1.84 bits per heavy atom. The predicted octanol–water partition coefficient (Wildman–Crippen LogP) is 3.42. The zero-order valence-electron chi connectivity index (χ0n) is 11.7. The number of likely N-dealkylation sites (N-methyl/N-ethyl adjacent to an activating group) is 1. The zero-order chi connectivity index (χ0) is 14.4. The summed E-state index contributed by atoms with van der Waals surface area (Å²) in [5, 5.41) is 14.4. The standard InChI is InChI=1S/C14H22Cl2N2O/c1-4-18(5-2)9-11(19)8-17-14-7-12(15)10(3)6-13(14)16/h6-7,11,17,19H,4-5,8-9H2,1-3H3. The maximum atomic E-state index is 9.98. The number of aryl methyl sites for hydroxylation is 1. The summed E-state index contributed by atoms with van der Waals surface area (Å²) in [7, 11) is 0. The summed E-state index contributed by atoms with van der Waals surface area (Å²) in [6, 6.07) is 3.62. The number of aliphatic hydroxyl groups is 1. The van der Waals surface area contributed by atoms with Gasteiger partial charge in [0.25, 0.3) is 0 Å². The second kappa shape index (κ2) is 7.95. The molecule has 0 saturated carbocycles. The molecular formula is C14H22Cl2N2O. The van der Waals surface area contributed by atoms with Gasteiger partial charge < -0.3 is 15.3 Å². The van der Waals surface area contributed by atoms with Gasteiger partial charge in [0.15, 0.2) is 0 Å². The summed E-state index contributed by atoms with van der Waals surface area (Å²) in [5.74, 6) is 0. The van der Waals surface area contributed by atoms with Gasteiger partial charge in [0.2, 0.25) is 0 Å². The lowest BCUT2D eigenvalue weighted by atomic mass is 10.2.